The lowest BCUT2D eigenvalue weighted by atomic mass is 9.98. The average Bonchev–Trinajstić information content (AvgIpc) is 2.42. The fourth-order valence-corrected chi connectivity index (χ4v) is 3.07. The number of aryl methyl sites for hydroxylation is 1. The Morgan fingerprint density at radius 3 is 2.38 bits per heavy atom. The van der Waals surface area contributed by atoms with Gasteiger partial charge in [-0.1, -0.05) is 50.1 Å². The Hall–Kier alpha value is -0.980. The van der Waals surface area contributed by atoms with E-state index >= 15 is 0 Å². The lowest BCUT2D eigenvalue weighted by Gasteiger charge is -2.19. The summed E-state index contributed by atoms with van der Waals surface area (Å²) in [6.45, 7) is -0.926. The van der Waals surface area contributed by atoms with E-state index in [4.69, 9.17) is 5.73 Å². The van der Waals surface area contributed by atoms with E-state index in [-0.39, 0.29) is 5.75 Å². The Balaban J connectivity index is 2.45. The molecule has 2 rings (SSSR count). The molecule has 0 aliphatic rings. The summed E-state index contributed by atoms with van der Waals surface area (Å²) in [5.41, 5.74) is 8.59. The molecule has 0 bridgehead atoms. The molecule has 0 saturated heterocycles. The van der Waals surface area contributed by atoms with Gasteiger partial charge in [0.1, 0.15) is 5.75 Å². The lowest BCUT2D eigenvalue weighted by Crippen LogP contribution is -2.15. The van der Waals surface area contributed by atoms with Gasteiger partial charge in [-0.2, -0.15) is 8.78 Å². The van der Waals surface area contributed by atoms with E-state index in [1.165, 1.54) is 6.07 Å². The molecule has 21 heavy (non-hydrogen) atoms. The highest BCUT2D eigenvalue weighted by molar-refractivity contribution is 9.11. The maximum atomic E-state index is 12.5. The van der Waals surface area contributed by atoms with Crippen LogP contribution in [0.4, 0.5) is 8.78 Å². The summed E-state index contributed by atoms with van der Waals surface area (Å²) in [5, 5.41) is 0. The fraction of sp³-hybridized carbons (Fsp3) is 0.200. The summed E-state index contributed by atoms with van der Waals surface area (Å²) >= 11 is 6.92. The molecule has 0 aliphatic carbocycles. The molecule has 2 aromatic carbocycles. The van der Waals surface area contributed by atoms with Gasteiger partial charge < -0.3 is 10.5 Å². The summed E-state index contributed by atoms with van der Waals surface area (Å²) in [6, 6.07) is 9.77. The molecular formula is C15H13Br2F2NO. The molecule has 1 atom stereocenters. The molecule has 0 aromatic heterocycles. The van der Waals surface area contributed by atoms with Crippen molar-refractivity contribution in [3.8, 4) is 5.75 Å². The average molecular weight is 421 g/mol. The molecule has 112 valence electrons. The molecule has 0 fully saturated rings. The van der Waals surface area contributed by atoms with Crippen molar-refractivity contribution in [2.24, 2.45) is 5.73 Å². The minimum atomic E-state index is -2.88. The van der Waals surface area contributed by atoms with E-state index < -0.39 is 12.7 Å². The number of alkyl halides is 2. The maximum absolute atomic E-state index is 12.5. The minimum Gasteiger partial charge on any atom is -0.434 e. The Morgan fingerprint density at radius 2 is 1.71 bits per heavy atom. The Bertz CT molecular complexity index is 650. The van der Waals surface area contributed by atoms with Crippen LogP contribution in [0.25, 0.3) is 0 Å². The van der Waals surface area contributed by atoms with Crippen LogP contribution in [0.15, 0.2) is 45.3 Å². The second-order valence-electron chi connectivity index (χ2n) is 4.52. The van der Waals surface area contributed by atoms with Crippen molar-refractivity contribution < 1.29 is 13.5 Å². The zero-order valence-electron chi connectivity index (χ0n) is 11.1. The van der Waals surface area contributed by atoms with Gasteiger partial charge in [0, 0.05) is 14.5 Å². The first-order valence-corrected chi connectivity index (χ1v) is 7.73. The quantitative estimate of drug-likeness (QED) is 0.740. The van der Waals surface area contributed by atoms with Crippen LogP contribution in [-0.2, 0) is 0 Å². The molecule has 0 amide bonds. The van der Waals surface area contributed by atoms with Gasteiger partial charge in [0.05, 0.1) is 6.04 Å². The van der Waals surface area contributed by atoms with Gasteiger partial charge in [0.15, 0.2) is 0 Å². The van der Waals surface area contributed by atoms with E-state index in [1.807, 2.05) is 19.1 Å². The van der Waals surface area contributed by atoms with Crippen molar-refractivity contribution in [3.63, 3.8) is 0 Å². The van der Waals surface area contributed by atoms with Gasteiger partial charge in [0.25, 0.3) is 0 Å². The van der Waals surface area contributed by atoms with Crippen molar-refractivity contribution in [1.29, 1.82) is 0 Å². The first-order chi connectivity index (χ1) is 9.90. The first-order valence-electron chi connectivity index (χ1n) is 6.15. The van der Waals surface area contributed by atoms with Crippen LogP contribution >= 0.6 is 31.9 Å². The molecule has 2 aromatic rings. The largest absolute Gasteiger partial charge is 0.434 e. The standard InChI is InChI=1S/C15H13Br2F2NO/c1-8-6-12(17)10(7-11(8)16)14(20)9-4-2-3-5-13(9)21-15(18)19/h2-7,14-15H,20H2,1H3. The molecule has 2 N–H and O–H groups in total. The van der Waals surface area contributed by atoms with Crippen molar-refractivity contribution in [1.82, 2.24) is 0 Å². The number of hydrogen-bond donors (Lipinski definition) is 1. The highest BCUT2D eigenvalue weighted by atomic mass is 79.9. The van der Waals surface area contributed by atoms with E-state index in [2.05, 4.69) is 36.6 Å². The summed E-state index contributed by atoms with van der Waals surface area (Å²) < 4.78 is 31.2. The molecule has 0 heterocycles. The molecule has 0 spiro atoms. The van der Waals surface area contributed by atoms with Gasteiger partial charge in [0.2, 0.25) is 0 Å². The smallest absolute Gasteiger partial charge is 0.387 e. The summed E-state index contributed by atoms with van der Waals surface area (Å²) in [4.78, 5) is 0. The number of halogens is 4. The summed E-state index contributed by atoms with van der Waals surface area (Å²) in [5.74, 6) is 0.0867. The van der Waals surface area contributed by atoms with Crippen molar-refractivity contribution in [2.45, 2.75) is 19.6 Å². The van der Waals surface area contributed by atoms with Crippen LogP contribution in [0, 0.1) is 6.92 Å². The molecule has 0 aliphatic heterocycles. The summed E-state index contributed by atoms with van der Waals surface area (Å²) in [7, 11) is 0. The van der Waals surface area contributed by atoms with E-state index in [9.17, 15) is 8.78 Å². The predicted molar refractivity (Wildman–Crippen MR) is 85.7 cm³/mol. The molecule has 6 heteroatoms. The third kappa shape index (κ3) is 3.81. The molecular weight excluding hydrogens is 408 g/mol. The highest BCUT2D eigenvalue weighted by Crippen LogP contribution is 2.35. The number of ether oxygens (including phenoxy) is 1. The first kappa shape index (κ1) is 16.4. The van der Waals surface area contributed by atoms with Crippen LogP contribution in [0.5, 0.6) is 5.75 Å². The number of para-hydroxylation sites is 1. The van der Waals surface area contributed by atoms with E-state index in [0.717, 1.165) is 20.1 Å². The van der Waals surface area contributed by atoms with Gasteiger partial charge in [-0.05, 0) is 36.2 Å². The van der Waals surface area contributed by atoms with Crippen molar-refractivity contribution in [2.75, 3.05) is 0 Å². The van der Waals surface area contributed by atoms with Crippen LogP contribution < -0.4 is 10.5 Å². The Morgan fingerprint density at radius 1 is 1.05 bits per heavy atom. The van der Waals surface area contributed by atoms with Gasteiger partial charge in [-0.25, -0.2) is 0 Å². The number of benzene rings is 2. The zero-order chi connectivity index (χ0) is 15.6. The zero-order valence-corrected chi connectivity index (χ0v) is 14.3. The fourth-order valence-electron chi connectivity index (χ4n) is 2.01. The Labute approximate surface area is 138 Å². The monoisotopic (exact) mass is 419 g/mol. The van der Waals surface area contributed by atoms with Crippen molar-refractivity contribution >= 4 is 31.9 Å². The van der Waals surface area contributed by atoms with Gasteiger partial charge >= 0.3 is 6.61 Å². The second-order valence-corrected chi connectivity index (χ2v) is 6.23. The third-order valence-corrected chi connectivity index (χ3v) is 4.62. The van der Waals surface area contributed by atoms with Crippen LogP contribution in [0.1, 0.15) is 22.7 Å². The minimum absolute atomic E-state index is 0.0867. The maximum Gasteiger partial charge on any atom is 0.387 e. The Kier molecular flexibility index (Phi) is 5.35. The second kappa shape index (κ2) is 6.85. The third-order valence-electron chi connectivity index (χ3n) is 3.08. The highest BCUT2D eigenvalue weighted by Gasteiger charge is 2.19. The number of rotatable bonds is 4. The van der Waals surface area contributed by atoms with E-state index in [1.54, 1.807) is 18.2 Å². The molecule has 2 nitrogen and oxygen atoms in total. The summed E-state index contributed by atoms with van der Waals surface area (Å²) in [6.07, 6.45) is 0. The predicted octanol–water partition coefficient (Wildman–Crippen LogP) is 5.17. The number of hydrogen-bond acceptors (Lipinski definition) is 2. The van der Waals surface area contributed by atoms with Crippen LogP contribution in [-0.4, -0.2) is 6.61 Å². The molecule has 1 unspecified atom stereocenters. The van der Waals surface area contributed by atoms with Crippen molar-refractivity contribution in [3.05, 3.63) is 62.0 Å². The number of nitrogens with two attached hydrogens (primary N) is 1. The van der Waals surface area contributed by atoms with Gasteiger partial charge in [-0.3, -0.25) is 0 Å². The van der Waals surface area contributed by atoms with Gasteiger partial charge in [-0.15, -0.1) is 0 Å². The van der Waals surface area contributed by atoms with Crippen LogP contribution in [0.2, 0.25) is 0 Å². The lowest BCUT2D eigenvalue weighted by molar-refractivity contribution is -0.0505. The normalized spacial score (nSPS) is 12.5. The van der Waals surface area contributed by atoms with Crippen LogP contribution in [0.3, 0.4) is 0 Å². The molecule has 0 saturated carbocycles. The SMILES string of the molecule is Cc1cc(Br)c(C(N)c2ccccc2OC(F)F)cc1Br. The van der Waals surface area contributed by atoms with E-state index in [0.29, 0.717) is 5.56 Å². The topological polar surface area (TPSA) is 35.2 Å². The molecule has 0 radical (unpaired) electrons.